The van der Waals surface area contributed by atoms with E-state index in [1.807, 2.05) is 31.2 Å². The summed E-state index contributed by atoms with van der Waals surface area (Å²) < 4.78 is 18.9. The summed E-state index contributed by atoms with van der Waals surface area (Å²) in [4.78, 5) is 11.7. The first-order chi connectivity index (χ1) is 15.9. The van der Waals surface area contributed by atoms with Crippen LogP contribution in [0.5, 0.6) is 5.75 Å². The Balaban J connectivity index is 0.00000324. The minimum atomic E-state index is -0.931. The monoisotopic (exact) mass is 479 g/mol. The molecular formula is C28H27ClFNO3. The summed E-state index contributed by atoms with van der Waals surface area (Å²) in [7, 11) is 1.46. The van der Waals surface area contributed by atoms with E-state index in [1.165, 1.54) is 13.2 Å². The molecule has 0 heterocycles. The van der Waals surface area contributed by atoms with Gasteiger partial charge in [0.15, 0.2) is 11.6 Å². The van der Waals surface area contributed by atoms with Crippen molar-refractivity contribution in [3.63, 3.8) is 0 Å². The maximum Gasteiger partial charge on any atom is 0.335 e. The molecule has 4 nitrogen and oxygen atoms in total. The molecule has 1 atom stereocenters. The van der Waals surface area contributed by atoms with Crippen LogP contribution in [-0.2, 0) is 6.54 Å². The van der Waals surface area contributed by atoms with Gasteiger partial charge in [0.1, 0.15) is 0 Å². The lowest BCUT2D eigenvalue weighted by Gasteiger charge is -2.17. The van der Waals surface area contributed by atoms with Crippen LogP contribution in [0.15, 0.2) is 72.8 Å². The summed E-state index contributed by atoms with van der Waals surface area (Å²) >= 11 is 0. The van der Waals surface area contributed by atoms with E-state index < -0.39 is 5.97 Å². The van der Waals surface area contributed by atoms with E-state index in [9.17, 15) is 14.3 Å². The first-order valence-electron chi connectivity index (χ1n) is 10.8. The highest BCUT2D eigenvalue weighted by Crippen LogP contribution is 2.32. The fraction of sp³-hybridized carbons (Fsp3) is 0.179. The summed E-state index contributed by atoms with van der Waals surface area (Å²) in [6.07, 6.45) is 0. The van der Waals surface area contributed by atoms with Crippen LogP contribution in [-0.4, -0.2) is 18.2 Å². The van der Waals surface area contributed by atoms with E-state index in [4.69, 9.17) is 4.74 Å². The van der Waals surface area contributed by atoms with Gasteiger partial charge < -0.3 is 15.2 Å². The molecule has 0 aliphatic rings. The number of carboxylic acids is 1. The van der Waals surface area contributed by atoms with E-state index in [0.717, 1.165) is 38.6 Å². The smallest absolute Gasteiger partial charge is 0.335 e. The number of carbonyl (C=O) groups is 1. The number of hydrogen-bond acceptors (Lipinski definition) is 3. The van der Waals surface area contributed by atoms with E-state index >= 15 is 0 Å². The summed E-state index contributed by atoms with van der Waals surface area (Å²) in [5.41, 5.74) is 4.90. The van der Waals surface area contributed by atoms with Gasteiger partial charge in [0.25, 0.3) is 0 Å². The summed E-state index contributed by atoms with van der Waals surface area (Å²) in [5, 5.41) is 15.2. The first kappa shape index (κ1) is 25.2. The number of fused-ring (bicyclic) bond motifs is 1. The van der Waals surface area contributed by atoms with Crippen LogP contribution >= 0.6 is 12.4 Å². The van der Waals surface area contributed by atoms with E-state index in [-0.39, 0.29) is 30.0 Å². The second-order valence-corrected chi connectivity index (χ2v) is 8.20. The lowest BCUT2D eigenvalue weighted by Crippen LogP contribution is -2.18. The van der Waals surface area contributed by atoms with Crippen LogP contribution in [0.4, 0.5) is 4.39 Å². The second-order valence-electron chi connectivity index (χ2n) is 8.20. The average molecular weight is 480 g/mol. The quantitative estimate of drug-likeness (QED) is 0.301. The van der Waals surface area contributed by atoms with Gasteiger partial charge in [0.2, 0.25) is 0 Å². The number of carboxylic acid groups (broad SMARTS) is 1. The minimum Gasteiger partial charge on any atom is -0.494 e. The van der Waals surface area contributed by atoms with Crippen LogP contribution in [0.1, 0.15) is 40.0 Å². The third-order valence-electron chi connectivity index (χ3n) is 5.99. The van der Waals surface area contributed by atoms with Gasteiger partial charge in [-0.25, -0.2) is 9.18 Å². The number of hydrogen-bond donors (Lipinski definition) is 2. The molecule has 0 spiro atoms. The normalized spacial score (nSPS) is 11.6. The van der Waals surface area contributed by atoms with Crippen LogP contribution in [0, 0.1) is 12.7 Å². The Morgan fingerprint density at radius 2 is 1.82 bits per heavy atom. The van der Waals surface area contributed by atoms with E-state index in [1.54, 1.807) is 25.1 Å². The fourth-order valence-corrected chi connectivity index (χ4v) is 4.07. The Hall–Kier alpha value is -3.41. The number of aromatic carboxylic acids is 1. The van der Waals surface area contributed by atoms with Crippen molar-refractivity contribution >= 4 is 29.1 Å². The van der Waals surface area contributed by atoms with Gasteiger partial charge in [-0.15, -0.1) is 12.4 Å². The minimum absolute atomic E-state index is 0. The van der Waals surface area contributed by atoms with Gasteiger partial charge >= 0.3 is 5.97 Å². The Morgan fingerprint density at radius 3 is 2.56 bits per heavy atom. The predicted molar refractivity (Wildman–Crippen MR) is 137 cm³/mol. The van der Waals surface area contributed by atoms with Gasteiger partial charge in [0, 0.05) is 12.6 Å². The first-order valence-corrected chi connectivity index (χ1v) is 10.8. The second kappa shape index (κ2) is 10.7. The number of benzene rings is 4. The summed E-state index contributed by atoms with van der Waals surface area (Å²) in [6.45, 7) is 4.42. The standard InChI is InChI=1S/C28H26FNO3.ClH/c1-17-8-9-22(14-24(17)28(31)32)25-13-19(12-21-6-4-5-7-23(21)25)16-30-18(2)20-10-11-26(29)27(15-20)33-3;/h4-15,18,30H,16H2,1-3H3,(H,31,32);1H. The maximum absolute atomic E-state index is 13.8. The van der Waals surface area contributed by atoms with Crippen LogP contribution in [0.25, 0.3) is 21.9 Å². The number of methoxy groups -OCH3 is 1. The molecule has 1 unspecified atom stereocenters. The van der Waals surface area contributed by atoms with Gasteiger partial charge in [-0.05, 0) is 82.8 Å². The molecule has 0 saturated carbocycles. The number of rotatable bonds is 7. The molecule has 0 radical (unpaired) electrons. The van der Waals surface area contributed by atoms with E-state index in [2.05, 4.69) is 29.6 Å². The molecule has 0 amide bonds. The van der Waals surface area contributed by atoms with Gasteiger partial charge in [-0.3, -0.25) is 0 Å². The zero-order chi connectivity index (χ0) is 23.5. The van der Waals surface area contributed by atoms with E-state index in [0.29, 0.717) is 12.1 Å². The van der Waals surface area contributed by atoms with Crippen LogP contribution < -0.4 is 10.1 Å². The Kier molecular flexibility index (Phi) is 7.92. The third kappa shape index (κ3) is 5.22. The van der Waals surface area contributed by atoms with Crippen molar-refractivity contribution in [2.45, 2.75) is 26.4 Å². The van der Waals surface area contributed by atoms with Gasteiger partial charge in [-0.2, -0.15) is 0 Å². The zero-order valence-corrected chi connectivity index (χ0v) is 20.1. The van der Waals surface area contributed by atoms with Crippen LogP contribution in [0.2, 0.25) is 0 Å². The molecule has 2 N–H and O–H groups in total. The molecule has 34 heavy (non-hydrogen) atoms. The van der Waals surface area contributed by atoms with Crippen molar-refractivity contribution in [2.24, 2.45) is 0 Å². The largest absolute Gasteiger partial charge is 0.494 e. The van der Waals surface area contributed by atoms with Gasteiger partial charge in [-0.1, -0.05) is 42.5 Å². The number of ether oxygens (including phenoxy) is 1. The number of nitrogens with one attached hydrogen (secondary N) is 1. The van der Waals surface area contributed by atoms with Crippen molar-refractivity contribution in [2.75, 3.05) is 7.11 Å². The molecular weight excluding hydrogens is 453 g/mol. The van der Waals surface area contributed by atoms with Gasteiger partial charge in [0.05, 0.1) is 12.7 Å². The van der Waals surface area contributed by atoms with Crippen molar-refractivity contribution in [3.8, 4) is 16.9 Å². The Morgan fingerprint density at radius 1 is 1.06 bits per heavy atom. The average Bonchev–Trinajstić information content (AvgIpc) is 2.82. The lowest BCUT2D eigenvalue weighted by atomic mass is 9.93. The molecule has 6 heteroatoms. The summed E-state index contributed by atoms with van der Waals surface area (Å²) in [6, 6.07) is 22.7. The molecule has 0 saturated heterocycles. The number of aryl methyl sites for hydroxylation is 1. The van der Waals surface area contributed by atoms with Crippen molar-refractivity contribution in [3.05, 3.63) is 101 Å². The molecule has 0 bridgehead atoms. The molecule has 0 aliphatic carbocycles. The predicted octanol–water partition coefficient (Wildman–Crippen LogP) is 6.93. The fourth-order valence-electron chi connectivity index (χ4n) is 4.07. The molecule has 0 fully saturated rings. The highest BCUT2D eigenvalue weighted by molar-refractivity contribution is 5.99. The Bertz CT molecular complexity index is 1340. The summed E-state index contributed by atoms with van der Waals surface area (Å²) in [5.74, 6) is -1.09. The Labute approximate surface area is 204 Å². The highest BCUT2D eigenvalue weighted by atomic mass is 35.5. The highest BCUT2D eigenvalue weighted by Gasteiger charge is 2.13. The zero-order valence-electron chi connectivity index (χ0n) is 19.3. The topological polar surface area (TPSA) is 58.6 Å². The van der Waals surface area contributed by atoms with Crippen molar-refractivity contribution < 1.29 is 19.0 Å². The third-order valence-corrected chi connectivity index (χ3v) is 5.99. The molecule has 0 aromatic heterocycles. The van der Waals surface area contributed by atoms with Crippen LogP contribution in [0.3, 0.4) is 0 Å². The molecule has 4 aromatic rings. The van der Waals surface area contributed by atoms with Crippen molar-refractivity contribution in [1.82, 2.24) is 5.32 Å². The maximum atomic E-state index is 13.8. The molecule has 0 aliphatic heterocycles. The molecule has 4 aromatic carbocycles. The SMILES string of the molecule is COc1cc(C(C)NCc2cc(-c3ccc(C)c(C(=O)O)c3)c3ccccc3c2)ccc1F.Cl. The number of halogens is 2. The molecule has 176 valence electrons. The molecule has 4 rings (SSSR count). The van der Waals surface area contributed by atoms with Crippen molar-refractivity contribution in [1.29, 1.82) is 0 Å². The lowest BCUT2D eigenvalue weighted by molar-refractivity contribution is 0.0696.